The molecule has 0 saturated carbocycles. The predicted molar refractivity (Wildman–Crippen MR) is 159 cm³/mol. The van der Waals surface area contributed by atoms with Gasteiger partial charge in [-0.15, -0.1) is 0 Å². The summed E-state index contributed by atoms with van der Waals surface area (Å²) in [6.07, 6.45) is 26.0. The third-order valence-corrected chi connectivity index (χ3v) is 7.72. The Morgan fingerprint density at radius 3 is 1.10 bits per heavy atom. The molecule has 0 atom stereocenters. The van der Waals surface area contributed by atoms with E-state index in [-0.39, 0.29) is 19.3 Å². The Morgan fingerprint density at radius 2 is 0.769 bits per heavy atom. The molecule has 0 unspecified atom stereocenters. The van der Waals surface area contributed by atoms with Crippen LogP contribution in [0, 0.1) is 0 Å². The summed E-state index contributed by atoms with van der Waals surface area (Å²) in [4.78, 5) is 33.0. The van der Waals surface area contributed by atoms with Gasteiger partial charge >= 0.3 is 17.9 Å². The number of carboxylic acid groups (broad SMARTS) is 3. The highest BCUT2D eigenvalue weighted by atomic mass is 16.4. The van der Waals surface area contributed by atoms with Crippen LogP contribution in [-0.4, -0.2) is 63.9 Å². The predicted octanol–water partition coefficient (Wildman–Crippen LogP) is 8.22. The lowest BCUT2D eigenvalue weighted by Crippen LogP contribution is -2.51. The Labute approximate surface area is 238 Å². The van der Waals surface area contributed by atoms with E-state index < -0.39 is 17.9 Å². The lowest BCUT2D eigenvalue weighted by molar-refractivity contribution is -0.929. The Morgan fingerprint density at radius 1 is 0.462 bits per heavy atom. The summed E-state index contributed by atoms with van der Waals surface area (Å²) in [5.74, 6) is -2.30. The van der Waals surface area contributed by atoms with Crippen molar-refractivity contribution < 1.29 is 34.2 Å². The zero-order valence-electron chi connectivity index (χ0n) is 25.1. The Bertz CT molecular complexity index is 594. The SMILES string of the molecule is CC/C=C/CCCCCCCCCCCCC[N+](CCCCC(=O)O)(CCCCC(=O)O)CCCCC(=O)O. The largest absolute Gasteiger partial charge is 0.481 e. The van der Waals surface area contributed by atoms with Gasteiger partial charge in [-0.2, -0.15) is 0 Å². The molecule has 7 nitrogen and oxygen atoms in total. The summed E-state index contributed by atoms with van der Waals surface area (Å²) >= 11 is 0. The summed E-state index contributed by atoms with van der Waals surface area (Å²) in [5, 5.41) is 27.1. The van der Waals surface area contributed by atoms with Crippen LogP contribution < -0.4 is 0 Å². The van der Waals surface area contributed by atoms with Crippen LogP contribution in [0.15, 0.2) is 12.2 Å². The minimum Gasteiger partial charge on any atom is -0.481 e. The minimum absolute atomic E-state index is 0.175. The standard InChI is InChI=1S/C32H59NO6/c1-2-3-4-5-6-7-8-9-10-11-12-13-14-15-19-26-33(27-20-16-23-30(34)35,28-21-17-24-31(36)37)29-22-18-25-32(38)39/h3-4H,2,5-29H2,1H3,(H2-,34,35,36,37,38,39)/p+1/b4-3+. The van der Waals surface area contributed by atoms with Gasteiger partial charge in [0.25, 0.3) is 0 Å². The van der Waals surface area contributed by atoms with Gasteiger partial charge in [-0.25, -0.2) is 0 Å². The molecular weight excluding hydrogens is 494 g/mol. The van der Waals surface area contributed by atoms with Crippen LogP contribution in [0.2, 0.25) is 0 Å². The van der Waals surface area contributed by atoms with Crippen molar-refractivity contribution in [2.24, 2.45) is 0 Å². The Kier molecular flexibility index (Phi) is 25.1. The zero-order valence-corrected chi connectivity index (χ0v) is 25.1. The molecular formula is C32H60NO6+. The number of rotatable bonds is 30. The number of allylic oxidation sites excluding steroid dienone is 2. The highest BCUT2D eigenvalue weighted by molar-refractivity contribution is 5.67. The molecule has 0 saturated heterocycles. The molecule has 0 aromatic heterocycles. The number of carboxylic acids is 3. The maximum Gasteiger partial charge on any atom is 0.303 e. The second-order valence-corrected chi connectivity index (χ2v) is 11.3. The minimum atomic E-state index is -0.768. The molecule has 0 amide bonds. The van der Waals surface area contributed by atoms with Gasteiger partial charge in [-0.05, 0) is 70.6 Å². The number of nitrogens with zero attached hydrogens (tertiary/aromatic N) is 1. The molecule has 7 heteroatoms. The zero-order chi connectivity index (χ0) is 29.0. The number of carbonyl (C=O) groups is 3. The van der Waals surface area contributed by atoms with E-state index >= 15 is 0 Å². The van der Waals surface area contributed by atoms with Gasteiger partial charge in [0, 0.05) is 19.3 Å². The smallest absolute Gasteiger partial charge is 0.303 e. The van der Waals surface area contributed by atoms with E-state index in [0.717, 1.165) is 62.8 Å². The van der Waals surface area contributed by atoms with Crippen LogP contribution in [0.1, 0.15) is 148 Å². The molecule has 0 aromatic carbocycles. The lowest BCUT2D eigenvalue weighted by Gasteiger charge is -2.39. The first kappa shape index (κ1) is 37.1. The average molecular weight is 555 g/mol. The topological polar surface area (TPSA) is 112 Å². The van der Waals surface area contributed by atoms with E-state index in [0.29, 0.717) is 19.3 Å². The normalized spacial score (nSPS) is 11.8. The van der Waals surface area contributed by atoms with Crippen molar-refractivity contribution in [1.29, 1.82) is 0 Å². The van der Waals surface area contributed by atoms with E-state index in [1.807, 2.05) is 0 Å². The monoisotopic (exact) mass is 554 g/mol. The fraction of sp³-hybridized carbons (Fsp3) is 0.844. The van der Waals surface area contributed by atoms with Gasteiger partial charge in [0.2, 0.25) is 0 Å². The molecule has 0 aliphatic rings. The molecule has 0 aromatic rings. The maximum atomic E-state index is 11.0. The fourth-order valence-electron chi connectivity index (χ4n) is 5.43. The van der Waals surface area contributed by atoms with Gasteiger partial charge in [-0.1, -0.05) is 70.4 Å². The second kappa shape index (κ2) is 26.3. The van der Waals surface area contributed by atoms with E-state index in [2.05, 4.69) is 19.1 Å². The lowest BCUT2D eigenvalue weighted by atomic mass is 10.0. The van der Waals surface area contributed by atoms with Crippen molar-refractivity contribution in [1.82, 2.24) is 0 Å². The van der Waals surface area contributed by atoms with Crippen molar-refractivity contribution in [2.45, 2.75) is 148 Å². The number of aliphatic carboxylic acids is 3. The van der Waals surface area contributed by atoms with Crippen molar-refractivity contribution >= 4 is 17.9 Å². The molecule has 0 bridgehead atoms. The van der Waals surface area contributed by atoms with Gasteiger partial charge < -0.3 is 19.8 Å². The number of hydrogen-bond acceptors (Lipinski definition) is 3. The summed E-state index contributed by atoms with van der Waals surface area (Å²) in [6, 6.07) is 0. The molecule has 0 aliphatic heterocycles. The molecule has 0 fully saturated rings. The highest BCUT2D eigenvalue weighted by Crippen LogP contribution is 2.20. The molecule has 228 valence electrons. The summed E-state index contributed by atoms with van der Waals surface area (Å²) in [5.41, 5.74) is 0. The third-order valence-electron chi connectivity index (χ3n) is 7.72. The highest BCUT2D eigenvalue weighted by Gasteiger charge is 2.26. The van der Waals surface area contributed by atoms with E-state index in [1.54, 1.807) is 0 Å². The van der Waals surface area contributed by atoms with Crippen LogP contribution in [0.25, 0.3) is 0 Å². The number of quaternary nitrogens is 1. The van der Waals surface area contributed by atoms with Gasteiger partial charge in [0.05, 0.1) is 26.2 Å². The second-order valence-electron chi connectivity index (χ2n) is 11.3. The number of hydrogen-bond donors (Lipinski definition) is 3. The van der Waals surface area contributed by atoms with Gasteiger partial charge in [0.15, 0.2) is 0 Å². The fourth-order valence-corrected chi connectivity index (χ4v) is 5.43. The summed E-state index contributed by atoms with van der Waals surface area (Å²) in [6.45, 7) is 5.87. The van der Waals surface area contributed by atoms with Crippen molar-refractivity contribution in [2.75, 3.05) is 26.2 Å². The first-order chi connectivity index (χ1) is 18.8. The first-order valence-corrected chi connectivity index (χ1v) is 16.0. The quantitative estimate of drug-likeness (QED) is 0.0468. The molecule has 0 rings (SSSR count). The molecule has 0 spiro atoms. The van der Waals surface area contributed by atoms with Crippen molar-refractivity contribution in [3.8, 4) is 0 Å². The van der Waals surface area contributed by atoms with E-state index in [9.17, 15) is 14.4 Å². The molecule has 0 heterocycles. The van der Waals surface area contributed by atoms with Gasteiger partial charge in [-0.3, -0.25) is 14.4 Å². The van der Waals surface area contributed by atoms with Crippen LogP contribution in [0.3, 0.4) is 0 Å². The van der Waals surface area contributed by atoms with E-state index in [4.69, 9.17) is 15.3 Å². The van der Waals surface area contributed by atoms with Crippen LogP contribution >= 0.6 is 0 Å². The Hall–Kier alpha value is -1.89. The van der Waals surface area contributed by atoms with Gasteiger partial charge in [0.1, 0.15) is 0 Å². The number of unbranched alkanes of at least 4 members (excludes halogenated alkanes) is 14. The Balaban J connectivity index is 4.47. The molecule has 0 aliphatic carbocycles. The molecule has 0 radical (unpaired) electrons. The maximum absolute atomic E-state index is 11.0. The first-order valence-electron chi connectivity index (χ1n) is 16.0. The van der Waals surface area contributed by atoms with Crippen molar-refractivity contribution in [3.63, 3.8) is 0 Å². The van der Waals surface area contributed by atoms with Crippen molar-refractivity contribution in [3.05, 3.63) is 12.2 Å². The average Bonchev–Trinajstić information content (AvgIpc) is 2.89. The van der Waals surface area contributed by atoms with Crippen LogP contribution in [-0.2, 0) is 14.4 Å². The summed E-state index contributed by atoms with van der Waals surface area (Å²) < 4.78 is 0.868. The molecule has 39 heavy (non-hydrogen) atoms. The third kappa shape index (κ3) is 26.1. The van der Waals surface area contributed by atoms with Crippen LogP contribution in [0.4, 0.5) is 0 Å². The van der Waals surface area contributed by atoms with E-state index in [1.165, 1.54) is 70.6 Å². The molecule has 3 N–H and O–H groups in total. The summed E-state index contributed by atoms with van der Waals surface area (Å²) in [7, 11) is 0. The van der Waals surface area contributed by atoms with Crippen LogP contribution in [0.5, 0.6) is 0 Å².